The second-order valence-corrected chi connectivity index (χ2v) is 13.8. The molecule has 2 amide bonds. The van der Waals surface area contributed by atoms with E-state index in [0.29, 0.717) is 44.5 Å². The summed E-state index contributed by atoms with van der Waals surface area (Å²) in [5.41, 5.74) is 5.85. The largest absolute Gasteiger partial charge is 0.444 e. The number of para-hydroxylation sites is 1. The molecule has 0 unspecified atom stereocenters. The number of ether oxygens (including phenoxy) is 2. The lowest BCUT2D eigenvalue weighted by Crippen LogP contribution is -2.44. The molecule has 3 aromatic carbocycles. The van der Waals surface area contributed by atoms with Gasteiger partial charge in [-0.15, -0.1) is 0 Å². The molecule has 2 aliphatic rings. The first-order valence-electron chi connectivity index (χ1n) is 16.9. The molecule has 0 spiro atoms. The van der Waals surface area contributed by atoms with Crippen LogP contribution in [0.5, 0.6) is 0 Å². The molecule has 0 atom stereocenters. The molecular formula is C40H45N3O5. The van der Waals surface area contributed by atoms with E-state index in [4.69, 9.17) is 9.47 Å². The molecule has 6 rings (SSSR count). The van der Waals surface area contributed by atoms with Crippen LogP contribution in [0.4, 0.5) is 4.79 Å². The minimum Gasteiger partial charge on any atom is -0.444 e. The summed E-state index contributed by atoms with van der Waals surface area (Å²) in [6, 6.07) is 26.5. The van der Waals surface area contributed by atoms with Crippen molar-refractivity contribution in [3.63, 3.8) is 0 Å². The molecule has 1 aliphatic heterocycles. The standard InChI is InChI=1S/C40H45N3O5/c1-40(2,3)48-39(46)41-22-21-33(30-15-10-14-29(24-30)28-12-6-5-7-13-28)35(27-41)38(45)42(32-19-20-32)25-31-26-43(37(44)18-11-23-47-4)36-17-9-8-16-34(31)36/h5-10,12-17,24,26,32H,11,18-23,25,27H2,1-4H3. The maximum absolute atomic E-state index is 14.8. The van der Waals surface area contributed by atoms with Gasteiger partial charge in [-0.25, -0.2) is 4.79 Å². The molecule has 0 saturated heterocycles. The Hall–Kier alpha value is -4.69. The lowest BCUT2D eigenvalue weighted by atomic mass is 9.90. The third-order valence-electron chi connectivity index (χ3n) is 8.96. The summed E-state index contributed by atoms with van der Waals surface area (Å²) in [6.07, 6.45) is 4.86. The molecule has 250 valence electrons. The molecule has 0 N–H and O–H groups in total. The van der Waals surface area contributed by atoms with Gasteiger partial charge >= 0.3 is 6.09 Å². The SMILES string of the molecule is COCCCC(=O)n1cc(CN(C(=O)C2=C(c3cccc(-c4ccccc4)c3)CCN(C(=O)OC(C)(C)C)C2)C2CC2)c2ccccc21. The zero-order valence-corrected chi connectivity index (χ0v) is 28.4. The quantitative estimate of drug-likeness (QED) is 0.163. The zero-order chi connectivity index (χ0) is 33.8. The molecule has 0 bridgehead atoms. The van der Waals surface area contributed by atoms with Crippen molar-refractivity contribution in [1.82, 2.24) is 14.4 Å². The topological polar surface area (TPSA) is 81.1 Å². The molecule has 1 saturated carbocycles. The summed E-state index contributed by atoms with van der Waals surface area (Å²) < 4.78 is 12.6. The Balaban J connectivity index is 1.37. The van der Waals surface area contributed by atoms with Gasteiger partial charge in [-0.1, -0.05) is 66.7 Å². The Kier molecular flexibility index (Phi) is 9.83. The first kappa shape index (κ1) is 33.2. The third kappa shape index (κ3) is 7.55. The van der Waals surface area contributed by atoms with Gasteiger partial charge in [0.1, 0.15) is 5.60 Å². The maximum Gasteiger partial charge on any atom is 0.410 e. The average Bonchev–Trinajstić information content (AvgIpc) is 3.87. The van der Waals surface area contributed by atoms with Crippen LogP contribution in [0.2, 0.25) is 0 Å². The molecule has 2 heterocycles. The number of carbonyl (C=O) groups excluding carboxylic acids is 3. The van der Waals surface area contributed by atoms with Crippen LogP contribution in [0.1, 0.15) is 68.8 Å². The first-order chi connectivity index (χ1) is 23.1. The van der Waals surface area contributed by atoms with Gasteiger partial charge in [0.05, 0.1) is 12.1 Å². The van der Waals surface area contributed by atoms with E-state index in [2.05, 4.69) is 30.3 Å². The van der Waals surface area contributed by atoms with Crippen LogP contribution >= 0.6 is 0 Å². The van der Waals surface area contributed by atoms with Gasteiger partial charge in [-0.3, -0.25) is 14.2 Å². The van der Waals surface area contributed by atoms with Gasteiger partial charge in [0.2, 0.25) is 5.91 Å². The summed E-state index contributed by atoms with van der Waals surface area (Å²) in [5, 5.41) is 0.958. The van der Waals surface area contributed by atoms with Gasteiger partial charge in [-0.05, 0) is 86.4 Å². The molecular weight excluding hydrogens is 602 g/mol. The van der Waals surface area contributed by atoms with Crippen molar-refractivity contribution in [2.24, 2.45) is 0 Å². The minimum atomic E-state index is -0.648. The average molecular weight is 648 g/mol. The predicted octanol–water partition coefficient (Wildman–Crippen LogP) is 7.96. The van der Waals surface area contributed by atoms with Gasteiger partial charge in [-0.2, -0.15) is 0 Å². The maximum atomic E-state index is 14.8. The highest BCUT2D eigenvalue weighted by Crippen LogP contribution is 2.36. The van der Waals surface area contributed by atoms with Crippen LogP contribution in [0.15, 0.2) is 90.6 Å². The molecule has 1 fully saturated rings. The fraction of sp³-hybridized carbons (Fsp3) is 0.375. The molecule has 4 aromatic rings. The Morgan fingerprint density at radius 3 is 2.33 bits per heavy atom. The molecule has 1 aliphatic carbocycles. The number of carbonyl (C=O) groups is 3. The predicted molar refractivity (Wildman–Crippen MR) is 188 cm³/mol. The van der Waals surface area contributed by atoms with E-state index < -0.39 is 11.7 Å². The second-order valence-electron chi connectivity index (χ2n) is 13.8. The number of amides is 2. The van der Waals surface area contributed by atoms with Gasteiger partial charge in [0, 0.05) is 56.4 Å². The van der Waals surface area contributed by atoms with Crippen molar-refractivity contribution in [3.05, 3.63) is 102 Å². The zero-order valence-electron chi connectivity index (χ0n) is 28.4. The van der Waals surface area contributed by atoms with Crippen LogP contribution in [-0.4, -0.2) is 70.7 Å². The molecule has 8 heteroatoms. The summed E-state index contributed by atoms with van der Waals surface area (Å²) >= 11 is 0. The van der Waals surface area contributed by atoms with Crippen molar-refractivity contribution in [2.45, 2.75) is 71.1 Å². The molecule has 48 heavy (non-hydrogen) atoms. The number of hydrogen-bond donors (Lipinski definition) is 0. The second kappa shape index (κ2) is 14.2. The van der Waals surface area contributed by atoms with E-state index in [0.717, 1.165) is 51.6 Å². The lowest BCUT2D eigenvalue weighted by Gasteiger charge is -2.34. The van der Waals surface area contributed by atoms with Crippen LogP contribution in [0, 0.1) is 0 Å². The van der Waals surface area contributed by atoms with Crippen LogP contribution in [0.25, 0.3) is 27.6 Å². The minimum absolute atomic E-state index is 0.00220. The number of hydrogen-bond acceptors (Lipinski definition) is 5. The number of benzene rings is 3. The fourth-order valence-electron chi connectivity index (χ4n) is 6.46. The number of methoxy groups -OCH3 is 1. The Morgan fingerprint density at radius 2 is 1.60 bits per heavy atom. The Morgan fingerprint density at radius 1 is 0.896 bits per heavy atom. The van der Waals surface area contributed by atoms with Gasteiger partial charge < -0.3 is 19.3 Å². The highest BCUT2D eigenvalue weighted by molar-refractivity contribution is 6.03. The smallest absolute Gasteiger partial charge is 0.410 e. The number of fused-ring (bicyclic) bond motifs is 1. The fourth-order valence-corrected chi connectivity index (χ4v) is 6.46. The highest BCUT2D eigenvalue weighted by Gasteiger charge is 2.38. The number of aromatic nitrogens is 1. The van der Waals surface area contributed by atoms with E-state index in [1.165, 1.54) is 0 Å². The van der Waals surface area contributed by atoms with Gasteiger partial charge in [0.25, 0.3) is 5.91 Å². The van der Waals surface area contributed by atoms with Crippen molar-refractivity contribution < 1.29 is 23.9 Å². The van der Waals surface area contributed by atoms with E-state index in [1.807, 2.05) is 80.4 Å². The number of rotatable bonds is 10. The Bertz CT molecular complexity index is 1830. The summed E-state index contributed by atoms with van der Waals surface area (Å²) in [4.78, 5) is 45.0. The molecule has 1 aromatic heterocycles. The van der Waals surface area contributed by atoms with Crippen molar-refractivity contribution >= 4 is 34.4 Å². The summed E-state index contributed by atoms with van der Waals surface area (Å²) in [5.74, 6) is -0.0727. The van der Waals surface area contributed by atoms with E-state index in [9.17, 15) is 14.4 Å². The molecule has 8 nitrogen and oxygen atoms in total. The number of nitrogens with zero attached hydrogens (tertiary/aromatic N) is 3. The molecule has 0 radical (unpaired) electrons. The van der Waals surface area contributed by atoms with Crippen molar-refractivity contribution in [3.8, 4) is 11.1 Å². The van der Waals surface area contributed by atoms with Crippen molar-refractivity contribution in [1.29, 1.82) is 0 Å². The van der Waals surface area contributed by atoms with Crippen LogP contribution in [-0.2, 0) is 20.8 Å². The lowest BCUT2D eigenvalue weighted by molar-refractivity contribution is -0.128. The van der Waals surface area contributed by atoms with Crippen LogP contribution in [0.3, 0.4) is 0 Å². The first-order valence-corrected chi connectivity index (χ1v) is 16.9. The normalized spacial score (nSPS) is 15.1. The Labute approximate surface area is 282 Å². The van der Waals surface area contributed by atoms with Crippen molar-refractivity contribution in [2.75, 3.05) is 26.8 Å². The summed E-state index contributed by atoms with van der Waals surface area (Å²) in [6.45, 7) is 7.07. The van der Waals surface area contributed by atoms with Gasteiger partial charge in [0.15, 0.2) is 0 Å². The van der Waals surface area contributed by atoms with E-state index in [-0.39, 0.29) is 24.4 Å². The monoisotopic (exact) mass is 647 g/mol. The summed E-state index contributed by atoms with van der Waals surface area (Å²) in [7, 11) is 1.64. The van der Waals surface area contributed by atoms with E-state index in [1.54, 1.807) is 16.6 Å². The van der Waals surface area contributed by atoms with Crippen LogP contribution < -0.4 is 0 Å². The van der Waals surface area contributed by atoms with E-state index >= 15 is 0 Å². The third-order valence-corrected chi connectivity index (χ3v) is 8.96. The highest BCUT2D eigenvalue weighted by atomic mass is 16.6.